The average molecular weight is 343 g/mol. The first-order valence-electron chi connectivity index (χ1n) is 6.04. The van der Waals surface area contributed by atoms with Crippen LogP contribution in [-0.2, 0) is 19.0 Å². The summed E-state index contributed by atoms with van der Waals surface area (Å²) in [6.07, 6.45) is 0.639. The summed E-state index contributed by atoms with van der Waals surface area (Å²) in [6, 6.07) is 8.04. The summed E-state index contributed by atoms with van der Waals surface area (Å²) in [4.78, 5) is 0. The molecule has 0 aliphatic rings. The van der Waals surface area contributed by atoms with Crippen LogP contribution in [-0.4, -0.2) is 9.78 Å². The van der Waals surface area contributed by atoms with E-state index in [4.69, 9.17) is 17.3 Å². The summed E-state index contributed by atoms with van der Waals surface area (Å²) in [7, 11) is 1.89. The molecular formula is C14H17BrClN3. The second kappa shape index (κ2) is 5.27. The Hall–Kier alpha value is -0.840. The van der Waals surface area contributed by atoms with Crippen molar-refractivity contribution in [2.45, 2.75) is 25.8 Å². The third-order valence-electron chi connectivity index (χ3n) is 3.28. The molecule has 2 N–H and O–H groups in total. The Morgan fingerprint density at radius 2 is 2.16 bits per heavy atom. The van der Waals surface area contributed by atoms with Crippen molar-refractivity contribution >= 4 is 27.5 Å². The van der Waals surface area contributed by atoms with Gasteiger partial charge in [0.05, 0.1) is 16.4 Å². The van der Waals surface area contributed by atoms with Gasteiger partial charge in [-0.05, 0) is 31.5 Å². The molecule has 0 saturated heterocycles. The lowest BCUT2D eigenvalue weighted by Gasteiger charge is -2.25. The van der Waals surface area contributed by atoms with E-state index in [1.165, 1.54) is 0 Å². The van der Waals surface area contributed by atoms with E-state index in [1.54, 1.807) is 4.68 Å². The average Bonchev–Trinajstić information content (AvgIpc) is 2.56. The van der Waals surface area contributed by atoms with E-state index in [0.717, 1.165) is 21.4 Å². The predicted molar refractivity (Wildman–Crippen MR) is 82.3 cm³/mol. The number of aromatic nitrogens is 2. The molecule has 2 rings (SSSR count). The third-order valence-corrected chi connectivity index (χ3v) is 4.27. The van der Waals surface area contributed by atoms with Gasteiger partial charge >= 0.3 is 0 Å². The van der Waals surface area contributed by atoms with E-state index in [0.29, 0.717) is 11.4 Å². The number of nitrogens with zero attached hydrogens (tertiary/aromatic N) is 2. The summed E-state index contributed by atoms with van der Waals surface area (Å²) in [6.45, 7) is 3.91. The molecule has 0 saturated carbocycles. The van der Waals surface area contributed by atoms with Gasteiger partial charge in [0.15, 0.2) is 0 Å². The summed E-state index contributed by atoms with van der Waals surface area (Å²) < 4.78 is 2.83. The van der Waals surface area contributed by atoms with Crippen molar-refractivity contribution < 1.29 is 0 Å². The molecule has 2 aromatic rings. The van der Waals surface area contributed by atoms with Crippen molar-refractivity contribution in [3.05, 3.63) is 50.7 Å². The van der Waals surface area contributed by atoms with Crippen molar-refractivity contribution in [3.8, 4) is 0 Å². The number of hydrogen-bond acceptors (Lipinski definition) is 2. The smallest absolute Gasteiger partial charge is 0.0847 e. The first kappa shape index (κ1) is 14.6. The quantitative estimate of drug-likeness (QED) is 0.927. The van der Waals surface area contributed by atoms with Crippen LogP contribution in [0.25, 0.3) is 0 Å². The van der Waals surface area contributed by atoms with Gasteiger partial charge < -0.3 is 5.73 Å². The van der Waals surface area contributed by atoms with Crippen LogP contribution in [0, 0.1) is 6.92 Å². The maximum absolute atomic E-state index is 6.47. The minimum atomic E-state index is -0.492. The van der Waals surface area contributed by atoms with Crippen LogP contribution < -0.4 is 5.73 Å². The number of nitrogens with two attached hydrogens (primary N) is 1. The molecule has 1 unspecified atom stereocenters. The highest BCUT2D eigenvalue weighted by Crippen LogP contribution is 2.29. The van der Waals surface area contributed by atoms with Crippen LogP contribution in [0.15, 0.2) is 28.7 Å². The van der Waals surface area contributed by atoms with Gasteiger partial charge in [-0.25, -0.2) is 0 Å². The van der Waals surface area contributed by atoms with Crippen LogP contribution in [0.2, 0.25) is 5.02 Å². The largest absolute Gasteiger partial charge is 0.321 e. The Morgan fingerprint density at radius 3 is 2.68 bits per heavy atom. The number of rotatable bonds is 3. The van der Waals surface area contributed by atoms with Crippen LogP contribution in [0.4, 0.5) is 0 Å². The van der Waals surface area contributed by atoms with Gasteiger partial charge in [-0.3, -0.25) is 4.68 Å². The highest BCUT2D eigenvalue weighted by Gasteiger charge is 2.25. The topological polar surface area (TPSA) is 43.8 Å². The molecule has 0 amide bonds. The van der Waals surface area contributed by atoms with Gasteiger partial charge in [-0.1, -0.05) is 39.7 Å². The second-order valence-corrected chi connectivity index (χ2v) is 6.37. The highest BCUT2D eigenvalue weighted by atomic mass is 79.9. The minimum Gasteiger partial charge on any atom is -0.321 e. The molecule has 1 aromatic heterocycles. The van der Waals surface area contributed by atoms with Crippen molar-refractivity contribution in [3.63, 3.8) is 0 Å². The third kappa shape index (κ3) is 3.02. The van der Waals surface area contributed by atoms with Gasteiger partial charge in [-0.15, -0.1) is 0 Å². The maximum atomic E-state index is 6.47. The van der Waals surface area contributed by atoms with Gasteiger partial charge in [0.25, 0.3) is 0 Å². The lowest BCUT2D eigenvalue weighted by atomic mass is 9.88. The van der Waals surface area contributed by atoms with Crippen LogP contribution in [0.5, 0.6) is 0 Å². The van der Waals surface area contributed by atoms with E-state index >= 15 is 0 Å². The maximum Gasteiger partial charge on any atom is 0.0847 e. The first-order chi connectivity index (χ1) is 8.81. The predicted octanol–water partition coefficient (Wildman–Crippen LogP) is 3.56. The molecule has 0 fully saturated rings. The fourth-order valence-electron chi connectivity index (χ4n) is 2.17. The molecule has 1 heterocycles. The molecule has 0 spiro atoms. The number of benzene rings is 1. The Bertz CT molecular complexity index is 605. The van der Waals surface area contributed by atoms with E-state index in [-0.39, 0.29) is 0 Å². The van der Waals surface area contributed by atoms with Gasteiger partial charge in [0.1, 0.15) is 0 Å². The zero-order chi connectivity index (χ0) is 14.2. The molecular weight excluding hydrogens is 326 g/mol. The Labute approximate surface area is 126 Å². The summed E-state index contributed by atoms with van der Waals surface area (Å²) in [5.74, 6) is 0. The monoisotopic (exact) mass is 341 g/mol. The minimum absolute atomic E-state index is 0.492. The molecule has 0 aliphatic heterocycles. The lowest BCUT2D eigenvalue weighted by Crippen LogP contribution is -2.36. The van der Waals surface area contributed by atoms with E-state index in [1.807, 2.05) is 45.2 Å². The normalized spacial score (nSPS) is 14.4. The zero-order valence-electron chi connectivity index (χ0n) is 11.2. The van der Waals surface area contributed by atoms with Gasteiger partial charge in [0, 0.05) is 23.5 Å². The first-order valence-corrected chi connectivity index (χ1v) is 7.21. The van der Waals surface area contributed by atoms with E-state index < -0.39 is 5.54 Å². The Kier molecular flexibility index (Phi) is 4.04. The van der Waals surface area contributed by atoms with Crippen molar-refractivity contribution in [1.29, 1.82) is 0 Å². The summed E-state index contributed by atoms with van der Waals surface area (Å²) in [5, 5.41) is 5.03. The SMILES string of the molecule is Cc1nn(C)c(CC(C)(N)c2cccc(Br)c2)c1Cl. The highest BCUT2D eigenvalue weighted by molar-refractivity contribution is 9.10. The van der Waals surface area contributed by atoms with E-state index in [9.17, 15) is 0 Å². The number of aryl methyl sites for hydroxylation is 2. The van der Waals surface area contributed by atoms with E-state index in [2.05, 4.69) is 21.0 Å². The number of hydrogen-bond donors (Lipinski definition) is 1. The molecule has 5 heteroatoms. The summed E-state index contributed by atoms with van der Waals surface area (Å²) in [5.41, 5.74) is 8.84. The number of halogens is 2. The second-order valence-electron chi connectivity index (χ2n) is 5.07. The van der Waals surface area contributed by atoms with Crippen molar-refractivity contribution in [2.24, 2.45) is 12.8 Å². The van der Waals surface area contributed by atoms with Crippen molar-refractivity contribution in [1.82, 2.24) is 9.78 Å². The fraction of sp³-hybridized carbons (Fsp3) is 0.357. The lowest BCUT2D eigenvalue weighted by molar-refractivity contribution is 0.472. The Morgan fingerprint density at radius 1 is 1.47 bits per heavy atom. The van der Waals surface area contributed by atoms with Gasteiger partial charge in [-0.2, -0.15) is 5.10 Å². The molecule has 0 bridgehead atoms. The van der Waals surface area contributed by atoms with Crippen LogP contribution in [0.3, 0.4) is 0 Å². The molecule has 102 valence electrons. The zero-order valence-corrected chi connectivity index (χ0v) is 13.6. The van der Waals surface area contributed by atoms with Crippen LogP contribution in [0.1, 0.15) is 23.9 Å². The molecule has 19 heavy (non-hydrogen) atoms. The fourth-order valence-corrected chi connectivity index (χ4v) is 2.79. The van der Waals surface area contributed by atoms with Gasteiger partial charge in [0.2, 0.25) is 0 Å². The molecule has 0 aliphatic carbocycles. The summed E-state index contributed by atoms with van der Waals surface area (Å²) >= 11 is 9.76. The van der Waals surface area contributed by atoms with Crippen LogP contribution >= 0.6 is 27.5 Å². The molecule has 1 atom stereocenters. The van der Waals surface area contributed by atoms with Crippen molar-refractivity contribution in [2.75, 3.05) is 0 Å². The Balaban J connectivity index is 2.36. The standard InChI is InChI=1S/C14H17BrClN3/c1-9-13(16)12(19(3)18-9)8-14(2,17)10-5-4-6-11(15)7-10/h4-7H,8,17H2,1-3H3. The molecule has 0 radical (unpaired) electrons. The molecule has 3 nitrogen and oxygen atoms in total. The molecule has 1 aromatic carbocycles.